The van der Waals surface area contributed by atoms with Gasteiger partial charge in [0, 0.05) is 19.5 Å². The van der Waals surface area contributed by atoms with Crippen LogP contribution >= 0.6 is 0 Å². The van der Waals surface area contributed by atoms with Crippen molar-refractivity contribution in [3.63, 3.8) is 0 Å². The van der Waals surface area contributed by atoms with Crippen molar-refractivity contribution in [2.24, 2.45) is 0 Å². The molecular formula is C14H14O3Zn. The number of carboxylic acids is 1. The van der Waals surface area contributed by atoms with Crippen molar-refractivity contribution < 1.29 is 34.1 Å². The van der Waals surface area contributed by atoms with E-state index in [1.54, 1.807) is 14.0 Å². The molecule has 1 atom stereocenters. The van der Waals surface area contributed by atoms with E-state index in [1.807, 2.05) is 36.4 Å². The zero-order valence-electron chi connectivity index (χ0n) is 10.5. The number of carboxylic acid groups (broad SMARTS) is 1. The van der Waals surface area contributed by atoms with E-state index in [0.29, 0.717) is 0 Å². The molecule has 2 aromatic carbocycles. The third-order valence-corrected chi connectivity index (χ3v) is 2.94. The first-order valence-corrected chi connectivity index (χ1v) is 5.42. The van der Waals surface area contributed by atoms with E-state index < -0.39 is 11.9 Å². The SMILES string of the molecule is COc1ccc2cc([C@H](C)C(=O)O)ccc2c1.[Zn]. The third-order valence-electron chi connectivity index (χ3n) is 2.94. The molecule has 3 nitrogen and oxygen atoms in total. The van der Waals surface area contributed by atoms with Crippen LogP contribution in [0.2, 0.25) is 0 Å². The van der Waals surface area contributed by atoms with Gasteiger partial charge in [0.25, 0.3) is 0 Å². The Morgan fingerprint density at radius 3 is 2.39 bits per heavy atom. The maximum atomic E-state index is 10.9. The Labute approximate surface area is 119 Å². The molecule has 0 aliphatic rings. The van der Waals surface area contributed by atoms with Crippen LogP contribution in [-0.2, 0) is 24.3 Å². The van der Waals surface area contributed by atoms with Crippen LogP contribution in [0, 0.1) is 0 Å². The molecule has 0 unspecified atom stereocenters. The van der Waals surface area contributed by atoms with Gasteiger partial charge in [-0.15, -0.1) is 0 Å². The largest absolute Gasteiger partial charge is 0.497 e. The predicted molar refractivity (Wildman–Crippen MR) is 66.6 cm³/mol. The van der Waals surface area contributed by atoms with Gasteiger partial charge in [-0.25, -0.2) is 0 Å². The van der Waals surface area contributed by atoms with Crippen molar-refractivity contribution in [2.45, 2.75) is 12.8 Å². The number of hydrogen-bond acceptors (Lipinski definition) is 2. The number of ether oxygens (including phenoxy) is 1. The van der Waals surface area contributed by atoms with E-state index in [9.17, 15) is 4.79 Å². The van der Waals surface area contributed by atoms with Gasteiger partial charge < -0.3 is 9.84 Å². The Morgan fingerprint density at radius 1 is 1.17 bits per heavy atom. The van der Waals surface area contributed by atoms with Gasteiger partial charge in [0.05, 0.1) is 13.0 Å². The average molecular weight is 296 g/mol. The summed E-state index contributed by atoms with van der Waals surface area (Å²) in [7, 11) is 1.63. The van der Waals surface area contributed by atoms with E-state index in [4.69, 9.17) is 9.84 Å². The molecular weight excluding hydrogens is 282 g/mol. The van der Waals surface area contributed by atoms with Crippen molar-refractivity contribution in [2.75, 3.05) is 7.11 Å². The molecule has 0 amide bonds. The van der Waals surface area contributed by atoms with Crippen molar-refractivity contribution in [3.05, 3.63) is 42.0 Å². The zero-order chi connectivity index (χ0) is 12.4. The van der Waals surface area contributed by atoms with E-state index in [1.165, 1.54) is 0 Å². The van der Waals surface area contributed by atoms with Gasteiger partial charge in [0.1, 0.15) is 5.75 Å². The molecule has 0 aromatic heterocycles. The van der Waals surface area contributed by atoms with Crippen molar-refractivity contribution in [3.8, 4) is 5.75 Å². The van der Waals surface area contributed by atoms with Gasteiger partial charge in [0.2, 0.25) is 0 Å². The van der Waals surface area contributed by atoms with Crippen LogP contribution < -0.4 is 4.74 Å². The Hall–Kier alpha value is -1.41. The van der Waals surface area contributed by atoms with E-state index in [0.717, 1.165) is 22.1 Å². The number of rotatable bonds is 3. The molecule has 2 aromatic rings. The summed E-state index contributed by atoms with van der Waals surface area (Å²) in [5.74, 6) is -0.490. The molecule has 0 saturated carbocycles. The van der Waals surface area contributed by atoms with Crippen molar-refractivity contribution in [1.82, 2.24) is 0 Å². The second-order valence-corrected chi connectivity index (χ2v) is 4.03. The summed E-state index contributed by atoms with van der Waals surface area (Å²) in [5.41, 5.74) is 0.815. The second kappa shape index (κ2) is 5.97. The van der Waals surface area contributed by atoms with Gasteiger partial charge in [-0.05, 0) is 35.4 Å². The van der Waals surface area contributed by atoms with Gasteiger partial charge in [-0.3, -0.25) is 4.79 Å². The minimum atomic E-state index is -0.808. The molecule has 0 spiro atoms. The smallest absolute Gasteiger partial charge is 0.310 e. The number of fused-ring (bicyclic) bond motifs is 1. The number of hydrogen-bond donors (Lipinski definition) is 1. The van der Waals surface area contributed by atoms with E-state index in [2.05, 4.69) is 0 Å². The fourth-order valence-electron chi connectivity index (χ4n) is 1.78. The summed E-state index contributed by atoms with van der Waals surface area (Å²) in [6.07, 6.45) is 0. The fourth-order valence-corrected chi connectivity index (χ4v) is 1.78. The standard InChI is InChI=1S/C14H14O3.Zn/c1-9(14(15)16)10-3-4-12-8-13(17-2)6-5-11(12)7-10;/h3-9H,1-2H3,(H,15,16);/t9-;/m0./s1. The Kier molecular flexibility index (Phi) is 4.86. The zero-order valence-corrected chi connectivity index (χ0v) is 13.5. The summed E-state index contributed by atoms with van der Waals surface area (Å²) >= 11 is 0. The summed E-state index contributed by atoms with van der Waals surface area (Å²) in [5, 5.41) is 11.0. The normalized spacial score (nSPS) is 11.7. The number of benzene rings is 2. The third kappa shape index (κ3) is 2.88. The van der Waals surface area contributed by atoms with Crippen LogP contribution in [-0.4, -0.2) is 18.2 Å². The maximum absolute atomic E-state index is 10.9. The number of carbonyl (C=O) groups is 1. The van der Waals surface area contributed by atoms with Gasteiger partial charge in [0.15, 0.2) is 0 Å². The molecule has 0 bridgehead atoms. The molecule has 0 saturated heterocycles. The van der Waals surface area contributed by atoms with Gasteiger partial charge in [-0.1, -0.05) is 24.3 Å². The van der Waals surface area contributed by atoms with Crippen LogP contribution in [0.1, 0.15) is 18.4 Å². The number of aliphatic carboxylic acids is 1. The monoisotopic (exact) mass is 294 g/mol. The summed E-state index contributed by atoms with van der Waals surface area (Å²) in [4.78, 5) is 10.9. The molecule has 18 heavy (non-hydrogen) atoms. The Balaban J connectivity index is 0.00000162. The maximum Gasteiger partial charge on any atom is 0.310 e. The van der Waals surface area contributed by atoms with E-state index >= 15 is 0 Å². The molecule has 2 rings (SSSR count). The number of methoxy groups -OCH3 is 1. The van der Waals surface area contributed by atoms with E-state index in [-0.39, 0.29) is 19.5 Å². The molecule has 90 valence electrons. The molecule has 0 fully saturated rings. The minimum Gasteiger partial charge on any atom is -0.497 e. The summed E-state index contributed by atoms with van der Waals surface area (Å²) in [6.45, 7) is 1.69. The first-order chi connectivity index (χ1) is 8.11. The van der Waals surface area contributed by atoms with Crippen LogP contribution in [0.15, 0.2) is 36.4 Å². The fraction of sp³-hybridized carbons (Fsp3) is 0.214. The first kappa shape index (κ1) is 14.7. The van der Waals surface area contributed by atoms with Crippen LogP contribution in [0.4, 0.5) is 0 Å². The Morgan fingerprint density at radius 2 is 1.78 bits per heavy atom. The average Bonchev–Trinajstić information content (AvgIpc) is 2.36. The van der Waals surface area contributed by atoms with Gasteiger partial charge >= 0.3 is 5.97 Å². The van der Waals surface area contributed by atoms with Crippen LogP contribution in [0.25, 0.3) is 10.8 Å². The first-order valence-electron chi connectivity index (χ1n) is 5.42. The van der Waals surface area contributed by atoms with Gasteiger partial charge in [-0.2, -0.15) is 0 Å². The topological polar surface area (TPSA) is 46.5 Å². The molecule has 4 heteroatoms. The molecule has 0 heterocycles. The molecule has 1 N–H and O–H groups in total. The van der Waals surface area contributed by atoms with Crippen molar-refractivity contribution >= 4 is 16.7 Å². The molecule has 0 aliphatic carbocycles. The molecule has 0 aliphatic heterocycles. The van der Waals surface area contributed by atoms with Crippen LogP contribution in [0.5, 0.6) is 5.75 Å². The predicted octanol–water partition coefficient (Wildman–Crippen LogP) is 3.03. The quantitative estimate of drug-likeness (QED) is 0.885. The van der Waals surface area contributed by atoms with Crippen LogP contribution in [0.3, 0.4) is 0 Å². The molecule has 0 radical (unpaired) electrons. The second-order valence-electron chi connectivity index (χ2n) is 4.03. The minimum absolute atomic E-state index is 0. The summed E-state index contributed by atoms with van der Waals surface area (Å²) < 4.78 is 5.14. The Bertz CT molecular complexity index is 566. The van der Waals surface area contributed by atoms with Crippen molar-refractivity contribution in [1.29, 1.82) is 0 Å². The summed E-state index contributed by atoms with van der Waals surface area (Å²) in [6, 6.07) is 11.4.